The van der Waals surface area contributed by atoms with Gasteiger partial charge < -0.3 is 9.84 Å². The summed E-state index contributed by atoms with van der Waals surface area (Å²) in [5, 5.41) is 34.8. The van der Waals surface area contributed by atoms with E-state index in [1.54, 1.807) is 12.1 Å². The number of hydrogen-bond acceptors (Lipinski definition) is 5. The summed E-state index contributed by atoms with van der Waals surface area (Å²) in [6.45, 7) is 0. The van der Waals surface area contributed by atoms with Crippen LogP contribution in [0.2, 0.25) is 0 Å². The number of nitriles is 3. The van der Waals surface area contributed by atoms with E-state index in [4.69, 9.17) is 25.6 Å². The maximum atomic E-state index is 10.3. The number of carboxylic acid groups (broad SMARTS) is 1. The molecule has 0 radical (unpaired) electrons. The molecule has 0 saturated heterocycles. The molecule has 0 unspecified atom stereocenters. The van der Waals surface area contributed by atoms with Crippen molar-refractivity contribution in [1.82, 2.24) is 0 Å². The van der Waals surface area contributed by atoms with Crippen molar-refractivity contribution >= 4 is 5.97 Å². The van der Waals surface area contributed by atoms with E-state index in [1.807, 2.05) is 0 Å². The number of nitrogens with zero attached hydrogens (tertiary/aromatic N) is 3. The first-order valence-corrected chi connectivity index (χ1v) is 5.79. The molecule has 0 aromatic heterocycles. The first kappa shape index (κ1) is 15.6. The van der Waals surface area contributed by atoms with Gasteiger partial charge in [-0.15, -0.1) is 0 Å². The summed E-state index contributed by atoms with van der Waals surface area (Å²) in [6, 6.07) is 10.6. The van der Waals surface area contributed by atoms with Crippen molar-refractivity contribution in [2.75, 3.05) is 0 Å². The van der Waals surface area contributed by atoms with E-state index in [0.29, 0.717) is 5.56 Å². The average Bonchev–Trinajstić information content (AvgIpc) is 2.50. The smallest absolute Gasteiger partial charge is 0.367 e. The molecule has 1 aromatic carbocycles. The molecule has 0 fully saturated rings. The number of hydrogen-bond donors (Lipinski definition) is 1. The summed E-state index contributed by atoms with van der Waals surface area (Å²) in [5.41, 5.74) is -1.54. The van der Waals surface area contributed by atoms with Gasteiger partial charge in [-0.1, -0.05) is 11.8 Å². The zero-order chi connectivity index (χ0) is 15.7. The van der Waals surface area contributed by atoms with Gasteiger partial charge in [0.05, 0.1) is 6.42 Å². The van der Waals surface area contributed by atoms with Gasteiger partial charge in [0, 0.05) is 12.0 Å². The van der Waals surface area contributed by atoms with Gasteiger partial charge in [-0.2, -0.15) is 15.8 Å². The van der Waals surface area contributed by atoms with E-state index < -0.39 is 11.6 Å². The van der Waals surface area contributed by atoms with Crippen LogP contribution in [0.4, 0.5) is 0 Å². The van der Waals surface area contributed by atoms with Crippen LogP contribution in [0.5, 0.6) is 5.75 Å². The molecule has 6 heteroatoms. The summed E-state index contributed by atoms with van der Waals surface area (Å²) in [4.78, 5) is 10.3. The van der Waals surface area contributed by atoms with Crippen molar-refractivity contribution in [2.45, 2.75) is 18.4 Å². The van der Waals surface area contributed by atoms with Gasteiger partial charge in [0.2, 0.25) is 0 Å². The van der Waals surface area contributed by atoms with Gasteiger partial charge in [0.25, 0.3) is 0 Å². The van der Waals surface area contributed by atoms with E-state index in [-0.39, 0.29) is 18.6 Å². The summed E-state index contributed by atoms with van der Waals surface area (Å²) in [5.74, 6) is 4.76. The minimum Gasteiger partial charge on any atom is -0.481 e. The molecule has 0 atom stereocenters. The lowest BCUT2D eigenvalue weighted by Crippen LogP contribution is -2.30. The van der Waals surface area contributed by atoms with Gasteiger partial charge >= 0.3 is 11.6 Å². The maximum absolute atomic E-state index is 10.3. The summed E-state index contributed by atoms with van der Waals surface area (Å²) in [6.07, 6.45) is 0.219. The largest absolute Gasteiger partial charge is 0.481 e. The predicted octanol–water partition coefficient (Wildman–Crippen LogP) is 1.59. The Bertz CT molecular complexity index is 670. The van der Waals surface area contributed by atoms with Crippen LogP contribution in [-0.2, 0) is 4.79 Å². The number of ether oxygens (including phenoxy) is 1. The SMILES string of the molecule is N#CC(C#N)(C#N)Oc1ccc(C#CCCC(=O)O)cc1. The van der Waals surface area contributed by atoms with Crippen LogP contribution in [0.15, 0.2) is 24.3 Å². The second kappa shape index (κ2) is 7.19. The maximum Gasteiger partial charge on any atom is 0.367 e. The summed E-state index contributed by atoms with van der Waals surface area (Å²) in [7, 11) is 0. The fourth-order valence-electron chi connectivity index (χ4n) is 1.26. The number of rotatable bonds is 4. The quantitative estimate of drug-likeness (QED) is 0.836. The Kier molecular flexibility index (Phi) is 5.34. The molecule has 0 saturated carbocycles. The van der Waals surface area contributed by atoms with Crippen molar-refractivity contribution in [3.63, 3.8) is 0 Å². The number of aliphatic carboxylic acids is 1. The van der Waals surface area contributed by atoms with Gasteiger partial charge in [0.1, 0.15) is 24.0 Å². The van der Waals surface area contributed by atoms with Crippen molar-refractivity contribution in [3.05, 3.63) is 29.8 Å². The lowest BCUT2D eigenvalue weighted by molar-refractivity contribution is -0.136. The first-order chi connectivity index (χ1) is 10.0. The fourth-order valence-corrected chi connectivity index (χ4v) is 1.26. The third kappa shape index (κ3) is 4.60. The predicted molar refractivity (Wildman–Crippen MR) is 70.4 cm³/mol. The highest BCUT2D eigenvalue weighted by Crippen LogP contribution is 2.18. The Morgan fingerprint density at radius 3 is 2.19 bits per heavy atom. The zero-order valence-electron chi connectivity index (χ0n) is 10.8. The highest BCUT2D eigenvalue weighted by Gasteiger charge is 2.32. The van der Waals surface area contributed by atoms with Gasteiger partial charge in [-0.25, -0.2) is 0 Å². The lowest BCUT2D eigenvalue weighted by atomic mass is 10.1. The first-order valence-electron chi connectivity index (χ1n) is 5.79. The second-order valence-electron chi connectivity index (χ2n) is 3.84. The van der Waals surface area contributed by atoms with E-state index in [1.165, 1.54) is 30.3 Å². The number of carboxylic acids is 1. The Balaban J connectivity index is 2.76. The minimum absolute atomic E-state index is 0.0246. The number of carbonyl (C=O) groups is 1. The topological polar surface area (TPSA) is 118 Å². The van der Waals surface area contributed by atoms with E-state index >= 15 is 0 Å². The Hall–Kier alpha value is -3.48. The molecular formula is C15H9N3O3. The summed E-state index contributed by atoms with van der Waals surface area (Å²) >= 11 is 0. The highest BCUT2D eigenvalue weighted by molar-refractivity contribution is 5.67. The highest BCUT2D eigenvalue weighted by atomic mass is 16.5. The Morgan fingerprint density at radius 2 is 1.71 bits per heavy atom. The molecule has 0 heterocycles. The molecule has 1 rings (SSSR count). The van der Waals surface area contributed by atoms with Gasteiger partial charge in [-0.05, 0) is 24.3 Å². The van der Waals surface area contributed by atoms with Crippen LogP contribution >= 0.6 is 0 Å². The Morgan fingerprint density at radius 1 is 1.14 bits per heavy atom. The molecule has 1 aromatic rings. The normalized spacial score (nSPS) is 9.19. The molecule has 6 nitrogen and oxygen atoms in total. The Labute approximate surface area is 121 Å². The van der Waals surface area contributed by atoms with E-state index in [9.17, 15) is 4.79 Å². The third-order valence-corrected chi connectivity index (χ3v) is 2.29. The van der Waals surface area contributed by atoms with Crippen LogP contribution in [0.3, 0.4) is 0 Å². The van der Waals surface area contributed by atoms with Crippen LogP contribution in [0.1, 0.15) is 18.4 Å². The fraction of sp³-hybridized carbons (Fsp3) is 0.200. The van der Waals surface area contributed by atoms with Gasteiger partial charge in [0.15, 0.2) is 0 Å². The molecule has 0 aliphatic rings. The molecule has 0 bridgehead atoms. The van der Waals surface area contributed by atoms with Crippen molar-refractivity contribution in [3.8, 4) is 35.8 Å². The molecule has 0 spiro atoms. The standard InChI is InChI=1S/C15H9N3O3/c16-9-15(10-17,11-18)21-13-7-5-12(6-8-13)3-1-2-4-14(19)20/h5-8H,2,4H2,(H,19,20). The second-order valence-corrected chi connectivity index (χ2v) is 3.84. The van der Waals surface area contributed by atoms with Gasteiger partial charge in [-0.3, -0.25) is 4.79 Å². The average molecular weight is 279 g/mol. The van der Waals surface area contributed by atoms with Crippen molar-refractivity contribution in [1.29, 1.82) is 15.8 Å². The third-order valence-electron chi connectivity index (χ3n) is 2.29. The monoisotopic (exact) mass is 279 g/mol. The zero-order valence-corrected chi connectivity index (χ0v) is 10.8. The molecule has 0 aliphatic heterocycles. The molecule has 21 heavy (non-hydrogen) atoms. The number of benzene rings is 1. The minimum atomic E-state index is -2.17. The molecular weight excluding hydrogens is 270 g/mol. The lowest BCUT2D eigenvalue weighted by Gasteiger charge is -2.12. The van der Waals surface area contributed by atoms with Crippen LogP contribution < -0.4 is 4.74 Å². The van der Waals surface area contributed by atoms with Crippen LogP contribution in [0, 0.1) is 45.8 Å². The van der Waals surface area contributed by atoms with E-state index in [2.05, 4.69) is 11.8 Å². The summed E-state index contributed by atoms with van der Waals surface area (Å²) < 4.78 is 5.05. The van der Waals surface area contributed by atoms with Crippen LogP contribution in [-0.4, -0.2) is 16.7 Å². The van der Waals surface area contributed by atoms with Crippen LogP contribution in [0.25, 0.3) is 0 Å². The van der Waals surface area contributed by atoms with Crippen molar-refractivity contribution < 1.29 is 14.6 Å². The van der Waals surface area contributed by atoms with Crippen molar-refractivity contribution in [2.24, 2.45) is 0 Å². The molecule has 102 valence electrons. The van der Waals surface area contributed by atoms with E-state index in [0.717, 1.165) is 0 Å². The molecule has 0 amide bonds. The molecule has 1 N–H and O–H groups in total. The molecule has 0 aliphatic carbocycles.